The molecular weight excluding hydrogens is 334 g/mol. The Morgan fingerprint density at radius 1 is 1.33 bits per heavy atom. The summed E-state index contributed by atoms with van der Waals surface area (Å²) in [6, 6.07) is 4.77. The van der Waals surface area contributed by atoms with E-state index in [1.165, 1.54) is 6.07 Å². The molecule has 0 radical (unpaired) electrons. The van der Waals surface area contributed by atoms with E-state index in [1.807, 2.05) is 22.6 Å². The van der Waals surface area contributed by atoms with E-state index in [0.29, 0.717) is 3.57 Å². The van der Waals surface area contributed by atoms with Gasteiger partial charge in [-0.25, -0.2) is 8.42 Å². The molecule has 0 saturated carbocycles. The number of rotatable bonds is 1. The maximum absolute atomic E-state index is 11.0. The molecule has 0 aliphatic rings. The molecule has 0 N–H and O–H groups in total. The SMILES string of the molecule is O=S(=O)(Cl)c1c(Cl)cccc1I. The lowest BCUT2D eigenvalue weighted by Gasteiger charge is -2.01. The van der Waals surface area contributed by atoms with Gasteiger partial charge in [0.2, 0.25) is 0 Å². The maximum atomic E-state index is 11.0. The summed E-state index contributed by atoms with van der Waals surface area (Å²) in [7, 11) is 1.42. The van der Waals surface area contributed by atoms with E-state index < -0.39 is 9.05 Å². The van der Waals surface area contributed by atoms with Crippen LogP contribution in [0.5, 0.6) is 0 Å². The average molecular weight is 337 g/mol. The Bertz CT molecular complexity index is 382. The van der Waals surface area contributed by atoms with Crippen LogP contribution >= 0.6 is 44.9 Å². The first-order valence-corrected chi connectivity index (χ1v) is 6.58. The predicted molar refractivity (Wildman–Crippen MR) is 57.2 cm³/mol. The van der Waals surface area contributed by atoms with Crippen molar-refractivity contribution in [1.82, 2.24) is 0 Å². The molecule has 0 amide bonds. The molecule has 1 aromatic rings. The summed E-state index contributed by atoms with van der Waals surface area (Å²) >= 11 is 7.51. The Morgan fingerprint density at radius 2 is 1.92 bits per heavy atom. The monoisotopic (exact) mass is 336 g/mol. The molecule has 0 aliphatic heterocycles. The summed E-state index contributed by atoms with van der Waals surface area (Å²) in [5.41, 5.74) is 0. The molecule has 12 heavy (non-hydrogen) atoms. The largest absolute Gasteiger partial charge is 0.263 e. The Hall–Kier alpha value is 0.480. The van der Waals surface area contributed by atoms with E-state index >= 15 is 0 Å². The molecule has 0 unspecified atom stereocenters. The molecule has 0 aliphatic carbocycles. The van der Waals surface area contributed by atoms with E-state index in [4.69, 9.17) is 22.3 Å². The minimum atomic E-state index is -3.73. The zero-order valence-corrected chi connectivity index (χ0v) is 10.1. The highest BCUT2D eigenvalue weighted by Crippen LogP contribution is 2.28. The lowest BCUT2D eigenvalue weighted by molar-refractivity contribution is 0.609. The molecule has 0 spiro atoms. The minimum Gasteiger partial charge on any atom is -0.207 e. The molecule has 2 nitrogen and oxygen atoms in total. The van der Waals surface area contributed by atoms with Crippen LogP contribution in [0.2, 0.25) is 5.02 Å². The third-order valence-corrected chi connectivity index (χ3v) is 4.25. The van der Waals surface area contributed by atoms with Gasteiger partial charge in [0.15, 0.2) is 0 Å². The molecule has 66 valence electrons. The highest BCUT2D eigenvalue weighted by molar-refractivity contribution is 14.1. The fraction of sp³-hybridized carbons (Fsp3) is 0. The minimum absolute atomic E-state index is 0.0195. The summed E-state index contributed by atoms with van der Waals surface area (Å²) in [5, 5.41) is 0.150. The van der Waals surface area contributed by atoms with Crippen LogP contribution in [-0.2, 0) is 9.05 Å². The van der Waals surface area contributed by atoms with Gasteiger partial charge in [-0.15, -0.1) is 0 Å². The quantitative estimate of drug-likeness (QED) is 0.583. The van der Waals surface area contributed by atoms with E-state index in [0.717, 1.165) is 0 Å². The summed E-state index contributed by atoms with van der Waals surface area (Å²) in [6.45, 7) is 0. The molecule has 0 heterocycles. The van der Waals surface area contributed by atoms with Crippen molar-refractivity contribution in [3.8, 4) is 0 Å². The third-order valence-electron chi connectivity index (χ3n) is 1.16. The van der Waals surface area contributed by atoms with E-state index in [-0.39, 0.29) is 9.92 Å². The van der Waals surface area contributed by atoms with Crippen molar-refractivity contribution in [3.63, 3.8) is 0 Å². The molecule has 0 bridgehead atoms. The van der Waals surface area contributed by atoms with E-state index in [9.17, 15) is 8.42 Å². The van der Waals surface area contributed by atoms with Gasteiger partial charge in [0.1, 0.15) is 4.90 Å². The zero-order chi connectivity index (χ0) is 9.35. The molecule has 6 heteroatoms. The van der Waals surface area contributed by atoms with Crippen molar-refractivity contribution in [2.75, 3.05) is 0 Å². The van der Waals surface area contributed by atoms with Gasteiger partial charge in [-0.3, -0.25) is 0 Å². The summed E-state index contributed by atoms with van der Waals surface area (Å²) in [4.78, 5) is -0.0195. The second-order valence-corrected chi connectivity index (χ2v) is 6.06. The smallest absolute Gasteiger partial charge is 0.207 e. The topological polar surface area (TPSA) is 34.1 Å². The zero-order valence-electron chi connectivity index (χ0n) is 5.59. The van der Waals surface area contributed by atoms with Gasteiger partial charge < -0.3 is 0 Å². The van der Waals surface area contributed by atoms with Crippen LogP contribution in [-0.4, -0.2) is 8.42 Å². The Balaban J connectivity index is 3.53. The molecule has 0 saturated heterocycles. The van der Waals surface area contributed by atoms with Crippen molar-refractivity contribution in [1.29, 1.82) is 0 Å². The van der Waals surface area contributed by atoms with Crippen molar-refractivity contribution >= 4 is 53.9 Å². The Labute approximate surface area is 93.4 Å². The van der Waals surface area contributed by atoms with Crippen LogP contribution in [0.1, 0.15) is 0 Å². The summed E-state index contributed by atoms with van der Waals surface area (Å²) < 4.78 is 22.4. The summed E-state index contributed by atoms with van der Waals surface area (Å²) in [6.07, 6.45) is 0. The van der Waals surface area contributed by atoms with E-state index in [2.05, 4.69) is 0 Å². The van der Waals surface area contributed by atoms with Gasteiger partial charge in [-0.1, -0.05) is 17.7 Å². The van der Waals surface area contributed by atoms with Crippen LogP contribution in [0.25, 0.3) is 0 Å². The van der Waals surface area contributed by atoms with Gasteiger partial charge in [-0.2, -0.15) is 0 Å². The molecule has 1 aromatic carbocycles. The van der Waals surface area contributed by atoms with Crippen molar-refractivity contribution in [2.24, 2.45) is 0 Å². The second-order valence-electron chi connectivity index (χ2n) is 1.99. The van der Waals surface area contributed by atoms with Gasteiger partial charge in [0.25, 0.3) is 9.05 Å². The molecule has 0 fully saturated rings. The molecule has 0 aromatic heterocycles. The van der Waals surface area contributed by atoms with E-state index in [1.54, 1.807) is 12.1 Å². The van der Waals surface area contributed by atoms with Gasteiger partial charge in [0, 0.05) is 14.3 Å². The fourth-order valence-corrected chi connectivity index (χ4v) is 4.33. The highest BCUT2D eigenvalue weighted by atomic mass is 127. The third kappa shape index (κ3) is 2.25. The normalized spacial score (nSPS) is 11.6. The van der Waals surface area contributed by atoms with Gasteiger partial charge in [-0.05, 0) is 34.7 Å². The lowest BCUT2D eigenvalue weighted by atomic mass is 10.4. The van der Waals surface area contributed by atoms with Crippen LogP contribution in [0, 0.1) is 3.57 Å². The van der Waals surface area contributed by atoms with Crippen LogP contribution in [0.3, 0.4) is 0 Å². The van der Waals surface area contributed by atoms with Crippen molar-refractivity contribution in [3.05, 3.63) is 26.8 Å². The van der Waals surface area contributed by atoms with Gasteiger partial charge >= 0.3 is 0 Å². The Morgan fingerprint density at radius 3 is 2.25 bits per heavy atom. The molecule has 0 atom stereocenters. The second kappa shape index (κ2) is 3.69. The molecular formula is C6H3Cl2IO2S. The average Bonchev–Trinajstić information content (AvgIpc) is 1.82. The fourth-order valence-electron chi connectivity index (χ4n) is 0.715. The van der Waals surface area contributed by atoms with Crippen LogP contribution in [0.4, 0.5) is 0 Å². The maximum Gasteiger partial charge on any atom is 0.263 e. The van der Waals surface area contributed by atoms with Crippen LogP contribution in [0.15, 0.2) is 23.1 Å². The first kappa shape index (κ1) is 10.6. The van der Waals surface area contributed by atoms with Gasteiger partial charge in [0.05, 0.1) is 5.02 Å². The highest BCUT2D eigenvalue weighted by Gasteiger charge is 2.17. The predicted octanol–water partition coefficient (Wildman–Crippen LogP) is 2.87. The first-order valence-electron chi connectivity index (χ1n) is 2.81. The lowest BCUT2D eigenvalue weighted by Crippen LogP contribution is -1.94. The Kier molecular flexibility index (Phi) is 3.25. The summed E-state index contributed by atoms with van der Waals surface area (Å²) in [5.74, 6) is 0. The number of hydrogen-bond donors (Lipinski definition) is 0. The number of halogens is 3. The molecule has 1 rings (SSSR count). The standard InChI is InChI=1S/C6H3Cl2IO2S/c7-4-2-1-3-5(9)6(4)12(8,10)11/h1-3H. The number of hydrogen-bond acceptors (Lipinski definition) is 2. The first-order chi connectivity index (χ1) is 5.43. The number of benzene rings is 1. The van der Waals surface area contributed by atoms with Crippen LogP contribution < -0.4 is 0 Å². The van der Waals surface area contributed by atoms with Crippen molar-refractivity contribution in [2.45, 2.75) is 4.90 Å². The van der Waals surface area contributed by atoms with Crippen molar-refractivity contribution < 1.29 is 8.42 Å².